The fraction of sp³-hybridized carbons (Fsp3) is 0.265. The molecule has 2 amide bonds. The molecule has 4 aromatic carbocycles. The van der Waals surface area contributed by atoms with Crippen LogP contribution < -0.4 is 20.3 Å². The van der Waals surface area contributed by atoms with Gasteiger partial charge in [0.25, 0.3) is 0 Å². The zero-order chi connectivity index (χ0) is 32.8. The second-order valence-electron chi connectivity index (χ2n) is 11.3. The van der Waals surface area contributed by atoms with Gasteiger partial charge in [0.2, 0.25) is 27.0 Å². The Kier molecular flexibility index (Phi) is 10.3. The fourth-order valence-electron chi connectivity index (χ4n) is 5.43. The number of thioether (sulfide) groups is 1. The van der Waals surface area contributed by atoms with Crippen LogP contribution in [0.4, 0.5) is 5.69 Å². The quantitative estimate of drug-likeness (QED) is 0.181. The highest BCUT2D eigenvalue weighted by Gasteiger charge is 2.33. The Bertz CT molecular complexity index is 1830. The average Bonchev–Trinajstić information content (AvgIpc) is 3.44. The molecule has 3 atom stereocenters. The van der Waals surface area contributed by atoms with Gasteiger partial charge in [0.15, 0.2) is 0 Å². The molecule has 12 heteroatoms. The first kappa shape index (κ1) is 33.0. The summed E-state index contributed by atoms with van der Waals surface area (Å²) < 4.78 is 30.6. The number of sulfonamides is 1. The van der Waals surface area contributed by atoms with Crippen LogP contribution in [0.2, 0.25) is 0 Å². The van der Waals surface area contributed by atoms with Crippen LogP contribution >= 0.6 is 11.8 Å². The summed E-state index contributed by atoms with van der Waals surface area (Å²) in [6, 6.07) is 22.5. The summed E-state index contributed by atoms with van der Waals surface area (Å²) in [6.45, 7) is 0. The molecule has 4 N–H and O–H groups in total. The van der Waals surface area contributed by atoms with Gasteiger partial charge in [-0.25, -0.2) is 8.42 Å². The smallest absolute Gasteiger partial charge is 0.243 e. The SMILES string of the molecule is CN(C)c1cccc2c(S(=O)(=O)N[C@H](Cc3ccc(O)cc3)C(=O)N[C@@H](Cc3ccccc3)C(=O)NC3CCSC3=O)cccc12. The van der Waals surface area contributed by atoms with Gasteiger partial charge in [-0.15, -0.1) is 0 Å². The summed E-state index contributed by atoms with van der Waals surface area (Å²) in [5, 5.41) is 16.4. The van der Waals surface area contributed by atoms with Gasteiger partial charge in [-0.3, -0.25) is 14.4 Å². The average molecular weight is 661 g/mol. The lowest BCUT2D eigenvalue weighted by Gasteiger charge is -2.25. The number of carbonyl (C=O) groups is 3. The zero-order valence-corrected chi connectivity index (χ0v) is 27.1. The van der Waals surface area contributed by atoms with Gasteiger partial charge in [0, 0.05) is 42.7 Å². The van der Waals surface area contributed by atoms with Gasteiger partial charge < -0.3 is 20.6 Å². The molecule has 10 nitrogen and oxygen atoms in total. The van der Waals surface area contributed by atoms with Crippen molar-refractivity contribution >= 4 is 55.2 Å². The molecule has 4 aromatic rings. The normalized spacial score (nSPS) is 16.1. The predicted octanol–water partition coefficient (Wildman–Crippen LogP) is 3.38. The van der Waals surface area contributed by atoms with Crippen molar-refractivity contribution in [3.8, 4) is 5.75 Å². The van der Waals surface area contributed by atoms with E-state index in [2.05, 4.69) is 15.4 Å². The van der Waals surface area contributed by atoms with E-state index < -0.39 is 40.0 Å². The molecule has 1 aliphatic heterocycles. The van der Waals surface area contributed by atoms with Crippen molar-refractivity contribution in [2.75, 3.05) is 24.7 Å². The Morgan fingerprint density at radius 2 is 1.50 bits per heavy atom. The largest absolute Gasteiger partial charge is 0.508 e. The van der Waals surface area contributed by atoms with Crippen LogP contribution in [0.15, 0.2) is 95.9 Å². The summed E-state index contributed by atoms with van der Waals surface area (Å²) in [4.78, 5) is 41.6. The number of hydrogen-bond donors (Lipinski definition) is 4. The van der Waals surface area contributed by atoms with Crippen molar-refractivity contribution in [3.63, 3.8) is 0 Å². The third kappa shape index (κ3) is 7.87. The lowest BCUT2D eigenvalue weighted by Crippen LogP contribution is -2.56. The predicted molar refractivity (Wildman–Crippen MR) is 180 cm³/mol. The molecule has 0 saturated carbocycles. The maximum Gasteiger partial charge on any atom is 0.243 e. The molecule has 1 unspecified atom stereocenters. The van der Waals surface area contributed by atoms with Crippen LogP contribution in [0.5, 0.6) is 5.75 Å². The molecule has 0 spiro atoms. The summed E-state index contributed by atoms with van der Waals surface area (Å²) in [5.74, 6) is -0.624. The number of phenolic OH excluding ortho intramolecular Hbond substituents is 1. The topological polar surface area (TPSA) is 145 Å². The maximum atomic E-state index is 14.0. The van der Waals surface area contributed by atoms with E-state index in [-0.39, 0.29) is 28.6 Å². The molecule has 1 aliphatic rings. The minimum atomic E-state index is -4.27. The minimum Gasteiger partial charge on any atom is -0.508 e. The molecule has 240 valence electrons. The second kappa shape index (κ2) is 14.4. The van der Waals surface area contributed by atoms with E-state index in [1.807, 2.05) is 61.5 Å². The van der Waals surface area contributed by atoms with Crippen molar-refractivity contribution < 1.29 is 27.9 Å². The fourth-order valence-corrected chi connectivity index (χ4v) is 7.78. The highest BCUT2D eigenvalue weighted by atomic mass is 32.2. The molecule has 1 saturated heterocycles. The Hall–Kier alpha value is -4.39. The summed E-state index contributed by atoms with van der Waals surface area (Å²) in [7, 11) is -0.528. The Labute approximate surface area is 272 Å². The van der Waals surface area contributed by atoms with Crippen molar-refractivity contribution in [3.05, 3.63) is 102 Å². The summed E-state index contributed by atoms with van der Waals surface area (Å²) in [5.41, 5.74) is 2.20. The van der Waals surface area contributed by atoms with Crippen LogP contribution in [0, 0.1) is 0 Å². The van der Waals surface area contributed by atoms with Gasteiger partial charge in [-0.2, -0.15) is 4.72 Å². The molecule has 0 aromatic heterocycles. The Balaban J connectivity index is 1.47. The number of rotatable bonds is 12. The standard InChI is InChI=1S/C34H36N4O6S2/c1-38(2)30-12-6-11-26-25(30)10-7-13-31(26)46(43,44)37-29(21-23-14-16-24(39)17-15-23)33(41)36-28(20-22-8-4-3-5-9-22)32(40)35-27-18-19-45-34(27)42/h3-17,27-29,37,39H,18-21H2,1-2H3,(H,35,40)(H,36,41)/t27?,28-,29+/m0/s1. The first-order chi connectivity index (χ1) is 22.0. The molecular weight excluding hydrogens is 625 g/mol. The first-order valence-electron chi connectivity index (χ1n) is 14.8. The van der Waals surface area contributed by atoms with E-state index >= 15 is 0 Å². The van der Waals surface area contributed by atoms with Crippen molar-refractivity contribution in [1.29, 1.82) is 0 Å². The molecule has 1 heterocycles. The van der Waals surface area contributed by atoms with Gasteiger partial charge in [-0.05, 0) is 48.2 Å². The number of benzene rings is 4. The number of anilines is 1. The van der Waals surface area contributed by atoms with Crippen LogP contribution in [-0.2, 0) is 37.2 Å². The number of hydrogen-bond acceptors (Lipinski definition) is 8. The third-order valence-electron chi connectivity index (χ3n) is 7.79. The van der Waals surface area contributed by atoms with Gasteiger partial charge in [-0.1, -0.05) is 78.5 Å². The third-order valence-corrected chi connectivity index (χ3v) is 10.3. The van der Waals surface area contributed by atoms with Crippen molar-refractivity contribution in [1.82, 2.24) is 15.4 Å². The lowest BCUT2D eigenvalue weighted by molar-refractivity contribution is -0.130. The number of carbonyl (C=O) groups excluding carboxylic acids is 3. The number of aromatic hydroxyl groups is 1. The lowest BCUT2D eigenvalue weighted by atomic mass is 10.0. The van der Waals surface area contributed by atoms with E-state index in [0.29, 0.717) is 23.1 Å². The molecule has 46 heavy (non-hydrogen) atoms. The van der Waals surface area contributed by atoms with Gasteiger partial charge >= 0.3 is 0 Å². The Morgan fingerprint density at radius 1 is 0.848 bits per heavy atom. The maximum absolute atomic E-state index is 14.0. The second-order valence-corrected chi connectivity index (χ2v) is 14.1. The number of phenols is 1. The number of nitrogens with one attached hydrogen (secondary N) is 3. The molecule has 5 rings (SSSR count). The number of fused-ring (bicyclic) bond motifs is 1. The van der Waals surface area contributed by atoms with Crippen molar-refractivity contribution in [2.24, 2.45) is 0 Å². The molecular formula is C34H36N4O6S2. The van der Waals surface area contributed by atoms with Gasteiger partial charge in [0.1, 0.15) is 17.8 Å². The van der Waals surface area contributed by atoms with Gasteiger partial charge in [0.05, 0.1) is 10.9 Å². The van der Waals surface area contributed by atoms with E-state index in [9.17, 15) is 27.9 Å². The van der Waals surface area contributed by atoms with E-state index in [1.54, 1.807) is 30.3 Å². The van der Waals surface area contributed by atoms with Crippen LogP contribution in [0.25, 0.3) is 10.8 Å². The zero-order valence-electron chi connectivity index (χ0n) is 25.5. The van der Waals surface area contributed by atoms with Crippen LogP contribution in [0.3, 0.4) is 0 Å². The molecule has 1 fully saturated rings. The molecule has 0 bridgehead atoms. The Morgan fingerprint density at radius 3 is 2.17 bits per heavy atom. The highest BCUT2D eigenvalue weighted by Crippen LogP contribution is 2.30. The molecule has 0 aliphatic carbocycles. The van der Waals surface area contributed by atoms with Crippen LogP contribution in [-0.4, -0.2) is 68.4 Å². The van der Waals surface area contributed by atoms with E-state index in [1.165, 1.54) is 18.2 Å². The highest BCUT2D eigenvalue weighted by molar-refractivity contribution is 8.14. The van der Waals surface area contributed by atoms with Crippen LogP contribution in [0.1, 0.15) is 17.5 Å². The van der Waals surface area contributed by atoms with E-state index in [0.717, 1.165) is 28.4 Å². The minimum absolute atomic E-state index is 0.00744. The molecule has 0 radical (unpaired) electrons. The summed E-state index contributed by atoms with van der Waals surface area (Å²) >= 11 is 1.15. The number of amides is 2. The van der Waals surface area contributed by atoms with E-state index in [4.69, 9.17) is 0 Å². The number of nitrogens with zero attached hydrogens (tertiary/aromatic N) is 1. The first-order valence-corrected chi connectivity index (χ1v) is 17.3. The monoisotopic (exact) mass is 660 g/mol. The summed E-state index contributed by atoms with van der Waals surface area (Å²) in [6.07, 6.45) is 0.559. The van der Waals surface area contributed by atoms with Crippen molar-refractivity contribution in [2.45, 2.75) is 42.3 Å².